The summed E-state index contributed by atoms with van der Waals surface area (Å²) >= 11 is 1.40. The third kappa shape index (κ3) is 5.71. The van der Waals surface area contributed by atoms with Gasteiger partial charge in [0, 0.05) is 24.5 Å². The maximum Gasteiger partial charge on any atom is 0.305 e. The first kappa shape index (κ1) is 17.4. The molecule has 7 heteroatoms. The Hall–Kier alpha value is -1.63. The number of carboxylic acid groups (broad SMARTS) is 1. The molecule has 1 amide bonds. The number of aromatic nitrogens is 1. The molecule has 0 saturated heterocycles. The van der Waals surface area contributed by atoms with Gasteiger partial charge in [0.25, 0.3) is 5.91 Å². The molecule has 0 aliphatic heterocycles. The number of unbranched alkanes of at least 4 members (excludes halogenated alkanes) is 1. The van der Waals surface area contributed by atoms with Gasteiger partial charge in [-0.05, 0) is 20.3 Å². The Balaban J connectivity index is 2.68. The number of carbonyl (C=O) groups is 2. The normalized spacial score (nSPS) is 10.7. The highest BCUT2D eigenvalue weighted by Crippen LogP contribution is 2.18. The van der Waals surface area contributed by atoms with Crippen molar-refractivity contribution in [3.05, 3.63) is 11.1 Å². The van der Waals surface area contributed by atoms with Gasteiger partial charge in [0.1, 0.15) is 5.69 Å². The maximum absolute atomic E-state index is 12.4. The number of hydrogen-bond donors (Lipinski definition) is 2. The van der Waals surface area contributed by atoms with Crippen LogP contribution in [0.2, 0.25) is 0 Å². The number of amides is 1. The molecule has 0 atom stereocenters. The van der Waals surface area contributed by atoms with E-state index in [-0.39, 0.29) is 24.9 Å². The van der Waals surface area contributed by atoms with Crippen LogP contribution in [0.1, 0.15) is 50.5 Å². The molecule has 1 heterocycles. The molecule has 0 fully saturated rings. The van der Waals surface area contributed by atoms with Gasteiger partial charge in [-0.2, -0.15) is 0 Å². The van der Waals surface area contributed by atoms with Crippen LogP contribution in [0.3, 0.4) is 0 Å². The lowest BCUT2D eigenvalue weighted by molar-refractivity contribution is -0.137. The van der Waals surface area contributed by atoms with Crippen LogP contribution in [0, 0.1) is 0 Å². The third-order valence-corrected chi connectivity index (χ3v) is 3.78. The van der Waals surface area contributed by atoms with Crippen LogP contribution in [0.5, 0.6) is 0 Å². The Bertz CT molecular complexity index is 474. The van der Waals surface area contributed by atoms with Crippen molar-refractivity contribution >= 4 is 28.3 Å². The zero-order valence-corrected chi connectivity index (χ0v) is 13.6. The largest absolute Gasteiger partial charge is 0.481 e. The highest BCUT2D eigenvalue weighted by atomic mass is 32.1. The summed E-state index contributed by atoms with van der Waals surface area (Å²) in [5.74, 6) is -1.13. The van der Waals surface area contributed by atoms with Gasteiger partial charge in [0.05, 0.1) is 6.42 Å². The van der Waals surface area contributed by atoms with Crippen molar-refractivity contribution in [2.45, 2.75) is 46.1 Å². The van der Waals surface area contributed by atoms with Crippen molar-refractivity contribution < 1.29 is 14.7 Å². The number of nitrogens with zero attached hydrogens (tertiary/aromatic N) is 2. The number of carbonyl (C=O) groups excluding carboxylic acids is 1. The van der Waals surface area contributed by atoms with Gasteiger partial charge in [-0.15, -0.1) is 11.3 Å². The SMILES string of the molecule is CCCCNc1nc(C(=O)N(CCC(=O)O)C(C)C)cs1. The van der Waals surface area contributed by atoms with E-state index in [1.54, 1.807) is 10.3 Å². The van der Waals surface area contributed by atoms with Crippen molar-refractivity contribution in [2.24, 2.45) is 0 Å². The smallest absolute Gasteiger partial charge is 0.305 e. The van der Waals surface area contributed by atoms with Gasteiger partial charge >= 0.3 is 5.97 Å². The van der Waals surface area contributed by atoms with E-state index >= 15 is 0 Å². The van der Waals surface area contributed by atoms with Crippen LogP contribution in [-0.4, -0.2) is 46.0 Å². The third-order valence-electron chi connectivity index (χ3n) is 2.98. The fourth-order valence-corrected chi connectivity index (χ4v) is 2.50. The number of carboxylic acids is 1. The summed E-state index contributed by atoms with van der Waals surface area (Å²) in [6, 6.07) is -0.0601. The Morgan fingerprint density at radius 3 is 2.76 bits per heavy atom. The summed E-state index contributed by atoms with van der Waals surface area (Å²) in [4.78, 5) is 28.9. The molecule has 0 aromatic carbocycles. The van der Waals surface area contributed by atoms with Crippen molar-refractivity contribution in [3.63, 3.8) is 0 Å². The molecule has 1 aromatic rings. The zero-order chi connectivity index (χ0) is 15.8. The van der Waals surface area contributed by atoms with Gasteiger partial charge in [0.15, 0.2) is 5.13 Å². The minimum absolute atomic E-state index is 0.0599. The Labute approximate surface area is 129 Å². The van der Waals surface area contributed by atoms with E-state index in [0.717, 1.165) is 24.5 Å². The van der Waals surface area contributed by atoms with Crippen LogP contribution in [0.4, 0.5) is 5.13 Å². The van der Waals surface area contributed by atoms with Crippen LogP contribution < -0.4 is 5.32 Å². The number of thiazole rings is 1. The van der Waals surface area contributed by atoms with E-state index in [2.05, 4.69) is 17.2 Å². The minimum atomic E-state index is -0.909. The first-order valence-electron chi connectivity index (χ1n) is 7.17. The van der Waals surface area contributed by atoms with Crippen molar-refractivity contribution in [1.82, 2.24) is 9.88 Å². The maximum atomic E-state index is 12.4. The number of hydrogen-bond acceptors (Lipinski definition) is 5. The topological polar surface area (TPSA) is 82.5 Å². The predicted molar refractivity (Wildman–Crippen MR) is 83.9 cm³/mol. The van der Waals surface area contributed by atoms with Gasteiger partial charge in [-0.1, -0.05) is 13.3 Å². The summed E-state index contributed by atoms with van der Waals surface area (Å²) in [6.45, 7) is 6.88. The van der Waals surface area contributed by atoms with Crippen molar-refractivity contribution in [1.29, 1.82) is 0 Å². The van der Waals surface area contributed by atoms with Crippen LogP contribution in [0.25, 0.3) is 0 Å². The lowest BCUT2D eigenvalue weighted by Gasteiger charge is -2.25. The number of nitrogens with one attached hydrogen (secondary N) is 1. The molecule has 21 heavy (non-hydrogen) atoms. The highest BCUT2D eigenvalue weighted by molar-refractivity contribution is 7.13. The van der Waals surface area contributed by atoms with Crippen molar-refractivity contribution in [3.8, 4) is 0 Å². The molecule has 0 saturated carbocycles. The summed E-state index contributed by atoms with van der Waals surface area (Å²) in [5.41, 5.74) is 0.373. The molecule has 118 valence electrons. The van der Waals surface area contributed by atoms with Gasteiger partial charge < -0.3 is 15.3 Å². The molecule has 0 radical (unpaired) electrons. The average molecular weight is 313 g/mol. The van der Waals surface area contributed by atoms with Gasteiger partial charge in [0.2, 0.25) is 0 Å². The second-order valence-electron chi connectivity index (χ2n) is 5.05. The average Bonchev–Trinajstić information content (AvgIpc) is 2.87. The summed E-state index contributed by atoms with van der Waals surface area (Å²) in [6.07, 6.45) is 2.09. The minimum Gasteiger partial charge on any atom is -0.481 e. The second-order valence-corrected chi connectivity index (χ2v) is 5.91. The molecule has 0 aliphatic rings. The number of anilines is 1. The van der Waals surface area contributed by atoms with Gasteiger partial charge in [-0.25, -0.2) is 4.98 Å². The first-order chi connectivity index (χ1) is 9.95. The van der Waals surface area contributed by atoms with E-state index in [0.29, 0.717) is 5.69 Å². The quantitative estimate of drug-likeness (QED) is 0.685. The highest BCUT2D eigenvalue weighted by Gasteiger charge is 2.21. The molecule has 1 aromatic heterocycles. The molecule has 0 aliphatic carbocycles. The van der Waals surface area contributed by atoms with Crippen LogP contribution in [-0.2, 0) is 4.79 Å². The van der Waals surface area contributed by atoms with E-state index in [1.807, 2.05) is 13.8 Å². The number of rotatable bonds is 9. The molecular formula is C14H23N3O3S. The fraction of sp³-hybridized carbons (Fsp3) is 0.643. The van der Waals surface area contributed by atoms with Crippen LogP contribution in [0.15, 0.2) is 5.38 Å². The Kier molecular flexibility index (Phi) is 7.14. The van der Waals surface area contributed by atoms with Crippen LogP contribution >= 0.6 is 11.3 Å². The second kappa shape index (κ2) is 8.61. The lowest BCUT2D eigenvalue weighted by atomic mass is 10.2. The summed E-state index contributed by atoms with van der Waals surface area (Å²) < 4.78 is 0. The van der Waals surface area contributed by atoms with Crippen molar-refractivity contribution in [2.75, 3.05) is 18.4 Å². The number of aliphatic carboxylic acids is 1. The molecule has 0 unspecified atom stereocenters. The van der Waals surface area contributed by atoms with Gasteiger partial charge in [-0.3, -0.25) is 9.59 Å². The van der Waals surface area contributed by atoms with E-state index in [1.165, 1.54) is 11.3 Å². The fourth-order valence-electron chi connectivity index (χ4n) is 1.78. The lowest BCUT2D eigenvalue weighted by Crippen LogP contribution is -2.38. The monoisotopic (exact) mass is 313 g/mol. The predicted octanol–water partition coefficient (Wildman–Crippen LogP) is 2.68. The molecule has 6 nitrogen and oxygen atoms in total. The Morgan fingerprint density at radius 1 is 1.48 bits per heavy atom. The van der Waals surface area contributed by atoms with E-state index in [4.69, 9.17) is 5.11 Å². The summed E-state index contributed by atoms with van der Waals surface area (Å²) in [5, 5.41) is 14.4. The van der Waals surface area contributed by atoms with E-state index < -0.39 is 5.97 Å². The summed E-state index contributed by atoms with van der Waals surface area (Å²) in [7, 11) is 0. The Morgan fingerprint density at radius 2 is 2.19 bits per heavy atom. The molecule has 0 bridgehead atoms. The van der Waals surface area contributed by atoms with E-state index in [9.17, 15) is 9.59 Å². The molecule has 1 rings (SSSR count). The zero-order valence-electron chi connectivity index (χ0n) is 12.8. The standard InChI is InChI=1S/C14H23N3O3S/c1-4-5-7-15-14-16-11(9-21-14)13(20)17(10(2)3)8-6-12(18)19/h9-10H,4-8H2,1-3H3,(H,15,16)(H,18,19). The first-order valence-corrected chi connectivity index (χ1v) is 8.05. The molecule has 2 N–H and O–H groups in total. The molecular weight excluding hydrogens is 290 g/mol. The molecule has 0 spiro atoms.